The van der Waals surface area contributed by atoms with Crippen molar-refractivity contribution in [2.24, 2.45) is 0 Å². The largest absolute Gasteiger partial charge is 0.304 e. The fourth-order valence-corrected chi connectivity index (χ4v) is 3.47. The second-order valence-electron chi connectivity index (χ2n) is 7.43. The second-order valence-corrected chi connectivity index (χ2v) is 7.43. The van der Waals surface area contributed by atoms with E-state index in [2.05, 4.69) is 59.4 Å². The van der Waals surface area contributed by atoms with Crippen molar-refractivity contribution in [3.8, 4) is 33.6 Å². The Labute approximate surface area is 220 Å². The van der Waals surface area contributed by atoms with Crippen LogP contribution in [0.25, 0.3) is 33.6 Å². The maximum atomic E-state index is 7.23. The monoisotopic (exact) mass is 622 g/mol. The van der Waals surface area contributed by atoms with Crippen molar-refractivity contribution < 1.29 is 24.2 Å². The summed E-state index contributed by atoms with van der Waals surface area (Å²) in [7, 11) is 0. The van der Waals surface area contributed by atoms with Crippen molar-refractivity contribution in [2.45, 2.75) is 20.2 Å². The molecule has 5 aromatic rings. The average Bonchev–Trinajstić information content (AvgIpc) is 2.94. The molecule has 0 bridgehead atoms. The third kappa shape index (κ3) is 6.57. The molecule has 0 aliphatic carbocycles. The van der Waals surface area contributed by atoms with E-state index in [4.69, 9.17) is 4.11 Å². The van der Waals surface area contributed by atoms with Gasteiger partial charge in [-0.05, 0) is 41.4 Å². The van der Waals surface area contributed by atoms with Crippen molar-refractivity contribution in [3.63, 3.8) is 0 Å². The zero-order valence-electron chi connectivity index (χ0n) is 21.8. The zero-order valence-corrected chi connectivity index (χ0v) is 21.2. The van der Waals surface area contributed by atoms with E-state index in [1.54, 1.807) is 18.2 Å². The van der Waals surface area contributed by atoms with Gasteiger partial charge in [0, 0.05) is 42.2 Å². The molecule has 3 heteroatoms. The molecule has 2 aromatic heterocycles. The van der Waals surface area contributed by atoms with Gasteiger partial charge < -0.3 is 9.97 Å². The van der Waals surface area contributed by atoms with Crippen LogP contribution >= 0.6 is 0 Å². The molecule has 1 radical (unpaired) electrons. The summed E-state index contributed by atoms with van der Waals surface area (Å²) in [6, 6.07) is 37.6. The summed E-state index contributed by atoms with van der Waals surface area (Å²) in [5.74, 6) is 0. The minimum atomic E-state index is -2.09. The molecule has 34 heavy (non-hydrogen) atoms. The van der Waals surface area contributed by atoms with Crippen molar-refractivity contribution in [2.75, 3.05) is 0 Å². The molecular weight excluding hydrogens is 593 g/mol. The van der Waals surface area contributed by atoms with Gasteiger partial charge in [-0.3, -0.25) is 0 Å². The minimum Gasteiger partial charge on any atom is -0.304 e. The van der Waals surface area contributed by atoms with Gasteiger partial charge in [0.2, 0.25) is 0 Å². The van der Waals surface area contributed by atoms with E-state index in [0.717, 1.165) is 28.9 Å². The van der Waals surface area contributed by atoms with Gasteiger partial charge in [-0.15, -0.1) is 71.8 Å². The Morgan fingerprint density at radius 3 is 1.94 bits per heavy atom. The van der Waals surface area contributed by atoms with Crippen molar-refractivity contribution in [1.82, 2.24) is 9.97 Å². The number of hydrogen-bond acceptors (Lipinski definition) is 2. The minimum absolute atomic E-state index is 0. The number of rotatable bonds is 4. The van der Waals surface area contributed by atoms with Crippen LogP contribution in [0.4, 0.5) is 0 Å². The topological polar surface area (TPSA) is 25.8 Å². The summed E-state index contributed by atoms with van der Waals surface area (Å²) < 4.78 is 21.7. The van der Waals surface area contributed by atoms with Gasteiger partial charge >= 0.3 is 0 Å². The first kappa shape index (κ1) is 21.2. The van der Waals surface area contributed by atoms with Crippen LogP contribution in [-0.4, -0.2) is 9.97 Å². The van der Waals surface area contributed by atoms with Crippen LogP contribution < -0.4 is 0 Å². The molecule has 0 aliphatic rings. The molecule has 0 spiro atoms. The van der Waals surface area contributed by atoms with E-state index < -0.39 is 6.85 Å². The van der Waals surface area contributed by atoms with Crippen molar-refractivity contribution >= 4 is 0 Å². The Morgan fingerprint density at radius 2 is 1.38 bits per heavy atom. The van der Waals surface area contributed by atoms with Crippen LogP contribution in [0.2, 0.25) is 0 Å². The molecule has 3 aromatic carbocycles. The van der Waals surface area contributed by atoms with Gasteiger partial charge in [0.15, 0.2) is 0 Å². The predicted octanol–water partition coefficient (Wildman–Crippen LogP) is 7.63. The number of pyridine rings is 2. The van der Waals surface area contributed by atoms with Crippen LogP contribution in [0.15, 0.2) is 109 Å². The first-order valence-corrected chi connectivity index (χ1v) is 10.9. The van der Waals surface area contributed by atoms with E-state index in [0.29, 0.717) is 0 Å². The van der Waals surface area contributed by atoms with Crippen LogP contribution in [0.1, 0.15) is 22.2 Å². The smallest absolute Gasteiger partial charge is 0.0280 e. The predicted molar refractivity (Wildman–Crippen MR) is 137 cm³/mol. The number of aryl methyl sites for hydroxylation is 2. The molecule has 0 saturated carbocycles. The number of benzene rings is 3. The van der Waals surface area contributed by atoms with E-state index in [-0.39, 0.29) is 25.7 Å². The summed E-state index contributed by atoms with van der Waals surface area (Å²) in [6.45, 7) is 0.0895. The molecule has 0 N–H and O–H groups in total. The van der Waals surface area contributed by atoms with Crippen molar-refractivity contribution in [3.05, 3.63) is 133 Å². The molecule has 2 nitrogen and oxygen atoms in total. The Hall–Kier alpha value is -3.39. The summed E-state index contributed by atoms with van der Waals surface area (Å²) in [5.41, 5.74) is 7.64. The maximum Gasteiger partial charge on any atom is 0.0280 e. The Kier molecular flexibility index (Phi) is 7.93. The van der Waals surface area contributed by atoms with Crippen LogP contribution in [-0.2, 0) is 26.5 Å². The van der Waals surface area contributed by atoms with Crippen LogP contribution in [0.3, 0.4) is 0 Å². The first-order valence-electron chi connectivity index (χ1n) is 12.4. The second kappa shape index (κ2) is 12.7. The summed E-state index contributed by atoms with van der Waals surface area (Å²) >= 11 is 0. The van der Waals surface area contributed by atoms with Crippen LogP contribution in [0, 0.1) is 19.0 Å². The fraction of sp³-hybridized carbons (Fsp3) is 0.0968. The van der Waals surface area contributed by atoms with Crippen LogP contribution in [0.5, 0.6) is 0 Å². The third-order valence-electron chi connectivity index (χ3n) is 5.19. The summed E-state index contributed by atoms with van der Waals surface area (Å²) in [6.07, 6.45) is 4.36. The average molecular weight is 622 g/mol. The number of aromatic nitrogens is 2. The van der Waals surface area contributed by atoms with Gasteiger partial charge in [0.05, 0.1) is 0 Å². The summed E-state index contributed by atoms with van der Waals surface area (Å²) in [4.78, 5) is 8.73. The molecule has 5 rings (SSSR count). The number of nitrogens with zero attached hydrogens (tertiary/aromatic N) is 2. The molecule has 0 amide bonds. The molecule has 0 fully saturated rings. The third-order valence-corrected chi connectivity index (χ3v) is 5.19. The maximum absolute atomic E-state index is 7.23. The molecule has 0 unspecified atom stereocenters. The number of hydrogen-bond donors (Lipinski definition) is 0. The molecule has 171 valence electrons. The Morgan fingerprint density at radius 1 is 0.735 bits per heavy atom. The molecule has 0 saturated heterocycles. The first-order chi connectivity index (χ1) is 17.5. The molecule has 0 aliphatic heterocycles. The molecule has 2 heterocycles. The van der Waals surface area contributed by atoms with E-state index in [1.807, 2.05) is 54.7 Å². The van der Waals surface area contributed by atoms with Gasteiger partial charge in [0.1, 0.15) is 0 Å². The zero-order chi connectivity index (χ0) is 25.4. The molecular formula is C31H26IrN2-2. The fourth-order valence-electron chi connectivity index (χ4n) is 3.47. The SMILES string of the molecule is CCc1cc(-c2[c-]cccc2)ncc1-c1ccccc1.[2H]C([2H])([2H])c1ccc(-c2[c-]cccc2)nc1.[Ir]. The Balaban J connectivity index is 0.000000205. The van der Waals surface area contributed by atoms with Gasteiger partial charge in [-0.2, -0.15) is 0 Å². The van der Waals surface area contributed by atoms with E-state index in [1.165, 1.54) is 22.9 Å². The van der Waals surface area contributed by atoms with Gasteiger partial charge in [-0.25, -0.2) is 0 Å². The Bertz CT molecular complexity index is 1370. The van der Waals surface area contributed by atoms with Gasteiger partial charge in [0.25, 0.3) is 0 Å². The van der Waals surface area contributed by atoms with E-state index >= 15 is 0 Å². The van der Waals surface area contributed by atoms with E-state index in [9.17, 15) is 0 Å². The normalized spacial score (nSPS) is 11.6. The van der Waals surface area contributed by atoms with Crippen molar-refractivity contribution in [1.29, 1.82) is 0 Å². The standard InChI is InChI=1S/C19H16N.C12H10N.Ir/c1-2-15-13-19(17-11-7-4-8-12-17)20-14-18(15)16-9-5-3-6-10-16;1-10-7-8-12(13-9-10)11-5-3-2-4-6-11;/h3-11,13-14H,2H2,1H3;2-5,7-9H,1H3;/q2*-1;/i;1D3;. The van der Waals surface area contributed by atoms with Gasteiger partial charge in [-0.1, -0.05) is 55.5 Å². The quantitative estimate of drug-likeness (QED) is 0.193. The molecule has 0 atom stereocenters. The summed E-state index contributed by atoms with van der Waals surface area (Å²) in [5, 5.41) is 0.